The number of ether oxygens (including phenoxy) is 2. The van der Waals surface area contributed by atoms with Crippen LogP contribution in [-0.2, 0) is 26.5 Å². The maximum atomic E-state index is 15.3. The van der Waals surface area contributed by atoms with Gasteiger partial charge < -0.3 is 9.47 Å². The van der Waals surface area contributed by atoms with E-state index in [9.17, 15) is 0 Å². The van der Waals surface area contributed by atoms with Crippen molar-refractivity contribution in [2.75, 3.05) is 0 Å². The Hall–Kier alpha value is -4.61. The summed E-state index contributed by atoms with van der Waals surface area (Å²) in [5.41, 5.74) is 4.54. The van der Waals surface area contributed by atoms with Gasteiger partial charge in [0.2, 0.25) is 0 Å². The molecule has 0 spiro atoms. The number of aromatic nitrogens is 3. The summed E-state index contributed by atoms with van der Waals surface area (Å²) in [7, 11) is 0. The quantitative estimate of drug-likeness (QED) is 0.164. The van der Waals surface area contributed by atoms with E-state index in [2.05, 4.69) is 17.2 Å². The van der Waals surface area contributed by atoms with Gasteiger partial charge in [0.25, 0.3) is 0 Å². The number of para-hydroxylation sites is 2. The van der Waals surface area contributed by atoms with Crippen LogP contribution in [-0.4, -0.2) is 14.8 Å². The van der Waals surface area contributed by atoms with Gasteiger partial charge in [-0.25, -0.2) is 0 Å². The number of benzene rings is 4. The number of fused-ring (bicyclic) bond motifs is 7. The van der Waals surface area contributed by atoms with Crippen LogP contribution < -0.4 is 9.47 Å². The molecule has 2 aromatic heterocycles. The van der Waals surface area contributed by atoms with Crippen LogP contribution >= 0.6 is 0 Å². The van der Waals surface area contributed by atoms with E-state index in [-0.39, 0.29) is 38.3 Å². The molecule has 1 aliphatic heterocycles. The van der Waals surface area contributed by atoms with Crippen molar-refractivity contribution in [1.29, 1.82) is 0 Å². The summed E-state index contributed by atoms with van der Waals surface area (Å²) in [6, 6.07) is 34.1. The van der Waals surface area contributed by atoms with Crippen LogP contribution in [0, 0.1) is 23.8 Å². The zero-order valence-corrected chi connectivity index (χ0v) is 26.6. The Kier molecular flexibility index (Phi) is 6.91. The van der Waals surface area contributed by atoms with Crippen molar-refractivity contribution in [1.82, 2.24) is 14.8 Å². The van der Waals surface area contributed by atoms with Gasteiger partial charge >= 0.3 is 21.1 Å². The first-order valence-electron chi connectivity index (χ1n) is 15.1. The molecule has 6 aromatic rings. The van der Waals surface area contributed by atoms with Gasteiger partial charge in [0.05, 0.1) is 22.6 Å². The van der Waals surface area contributed by atoms with E-state index in [0.29, 0.717) is 23.3 Å². The minimum atomic E-state index is -0.919. The molecule has 0 amide bonds. The van der Waals surface area contributed by atoms with Crippen molar-refractivity contribution in [3.05, 3.63) is 161 Å². The van der Waals surface area contributed by atoms with Gasteiger partial charge in [0, 0.05) is 46.8 Å². The van der Waals surface area contributed by atoms with Gasteiger partial charge in [0.15, 0.2) is 0 Å². The fraction of sp³-hybridized carbons (Fsp3) is 0.158. The molecule has 4 aromatic carbocycles. The number of rotatable bonds is 5. The molecular weight excluding hydrogens is 764 g/mol. The summed E-state index contributed by atoms with van der Waals surface area (Å²) in [5.74, 6) is 0.659. The predicted molar refractivity (Wildman–Crippen MR) is 163 cm³/mol. The van der Waals surface area contributed by atoms with Crippen LogP contribution in [0.5, 0.6) is 23.0 Å². The van der Waals surface area contributed by atoms with Gasteiger partial charge in [-0.3, -0.25) is 18.4 Å². The van der Waals surface area contributed by atoms with Crippen LogP contribution in [0.3, 0.4) is 0 Å². The molecule has 2 bridgehead atoms. The average molecular weight is 789 g/mol. The second-order valence-corrected chi connectivity index (χ2v) is 11.9. The Bertz CT molecular complexity index is 2040. The summed E-state index contributed by atoms with van der Waals surface area (Å²) >= 11 is 0. The Balaban J connectivity index is 0.00000312. The summed E-state index contributed by atoms with van der Waals surface area (Å²) in [5, 5.41) is 4.68. The molecule has 2 aliphatic carbocycles. The van der Waals surface area contributed by atoms with Gasteiger partial charge in [-0.15, -0.1) is 23.8 Å². The van der Waals surface area contributed by atoms with Crippen molar-refractivity contribution >= 4 is 0 Å². The van der Waals surface area contributed by atoms with Gasteiger partial charge in [-0.2, -0.15) is 17.2 Å². The SMILES string of the molecule is Fc1cc(F)c(-n2cc3c(n2)[C@@H]2CC[C@H]3C2)[c-]c1Oc1[c-]c(C2(c3ccccn3)c3ccccc3Oc3ccccc32)ccc1.[Pt+2]. The van der Waals surface area contributed by atoms with Crippen LogP contribution in [0.1, 0.15) is 64.7 Å². The van der Waals surface area contributed by atoms with Crippen molar-refractivity contribution < 1.29 is 39.3 Å². The molecule has 228 valence electrons. The second-order valence-electron chi connectivity index (χ2n) is 11.9. The zero-order valence-electron chi connectivity index (χ0n) is 24.3. The molecule has 9 rings (SSSR count). The maximum absolute atomic E-state index is 15.3. The van der Waals surface area contributed by atoms with E-state index >= 15 is 8.78 Å². The number of hydrogen-bond acceptors (Lipinski definition) is 4. The van der Waals surface area contributed by atoms with E-state index in [1.54, 1.807) is 12.3 Å². The van der Waals surface area contributed by atoms with E-state index in [0.717, 1.165) is 59.0 Å². The number of nitrogens with zero attached hydrogens (tertiary/aromatic N) is 3. The largest absolute Gasteiger partial charge is 2.00 e. The monoisotopic (exact) mass is 788 g/mol. The van der Waals surface area contributed by atoms with E-state index in [1.165, 1.54) is 4.68 Å². The first-order chi connectivity index (χ1) is 22.1. The smallest absolute Gasteiger partial charge is 0.506 e. The van der Waals surface area contributed by atoms with Crippen LogP contribution in [0.25, 0.3) is 5.69 Å². The van der Waals surface area contributed by atoms with Gasteiger partial charge in [0.1, 0.15) is 11.5 Å². The standard InChI is InChI=1S/C38H25F2N3O2.Pt/c39-30-20-31(40)35(21-32(30)43-22-27-23-15-16-24(18-23)37(27)42-43)44-26-9-7-8-25(19-26)38(36-14-5-6-17-41-36)28-10-1-3-12-33(28)45-34-13-4-2-11-29(34)38;/h1-14,17,20,22-24H,15-16,18H2;/q-2;+2/t23-,24+;/m0./s1. The molecule has 3 heterocycles. The van der Waals surface area contributed by atoms with E-state index in [1.807, 2.05) is 85.1 Å². The molecule has 0 unspecified atom stereocenters. The maximum Gasteiger partial charge on any atom is 2.00 e. The number of hydrogen-bond donors (Lipinski definition) is 0. The number of pyridine rings is 1. The van der Waals surface area contributed by atoms with E-state index < -0.39 is 17.0 Å². The molecule has 2 atom stereocenters. The summed E-state index contributed by atoms with van der Waals surface area (Å²) in [4.78, 5) is 4.83. The molecule has 0 saturated heterocycles. The molecule has 0 radical (unpaired) electrons. The molecule has 1 fully saturated rings. The summed E-state index contributed by atoms with van der Waals surface area (Å²) < 4.78 is 44.3. The van der Waals surface area contributed by atoms with Crippen molar-refractivity contribution in [2.24, 2.45) is 0 Å². The first-order valence-corrected chi connectivity index (χ1v) is 15.1. The normalized spacial score (nSPS) is 18.1. The molecule has 3 aliphatic rings. The van der Waals surface area contributed by atoms with Crippen LogP contribution in [0.4, 0.5) is 8.78 Å². The summed E-state index contributed by atoms with van der Waals surface area (Å²) in [6.07, 6.45) is 6.96. The van der Waals surface area contributed by atoms with E-state index in [4.69, 9.17) is 14.5 Å². The molecular formula is C38H25F2N3O2Pt. The topological polar surface area (TPSA) is 49.2 Å². The molecule has 46 heavy (non-hydrogen) atoms. The van der Waals surface area contributed by atoms with Crippen molar-refractivity contribution in [2.45, 2.75) is 36.5 Å². The van der Waals surface area contributed by atoms with Crippen LogP contribution in [0.15, 0.2) is 103 Å². The third kappa shape index (κ3) is 4.28. The summed E-state index contributed by atoms with van der Waals surface area (Å²) in [6.45, 7) is 0. The Morgan fingerprint density at radius 1 is 0.826 bits per heavy atom. The van der Waals surface area contributed by atoms with Gasteiger partial charge in [-0.1, -0.05) is 48.5 Å². The zero-order chi connectivity index (χ0) is 30.1. The Morgan fingerprint density at radius 2 is 1.57 bits per heavy atom. The second kappa shape index (κ2) is 11.0. The Morgan fingerprint density at radius 3 is 2.30 bits per heavy atom. The van der Waals surface area contributed by atoms with Crippen molar-refractivity contribution in [3.8, 4) is 28.7 Å². The number of halogens is 2. The molecule has 8 heteroatoms. The third-order valence-electron chi connectivity index (χ3n) is 9.42. The molecule has 5 nitrogen and oxygen atoms in total. The van der Waals surface area contributed by atoms with Crippen molar-refractivity contribution in [3.63, 3.8) is 0 Å². The molecule has 0 N–H and O–H groups in total. The molecule has 1 saturated carbocycles. The Labute approximate surface area is 279 Å². The van der Waals surface area contributed by atoms with Crippen LogP contribution in [0.2, 0.25) is 0 Å². The predicted octanol–water partition coefficient (Wildman–Crippen LogP) is 8.79. The fourth-order valence-electron chi connectivity index (χ4n) is 7.49. The fourth-order valence-corrected chi connectivity index (χ4v) is 7.49. The van der Waals surface area contributed by atoms with Gasteiger partial charge in [-0.05, 0) is 60.7 Å². The first kappa shape index (κ1) is 28.8. The minimum absolute atomic E-state index is 0. The minimum Gasteiger partial charge on any atom is -0.506 e. The third-order valence-corrected chi connectivity index (χ3v) is 9.42. The average Bonchev–Trinajstić information content (AvgIpc) is 3.81.